The maximum Gasteiger partial charge on any atom is 0.491 e. The van der Waals surface area contributed by atoms with Gasteiger partial charge in [0.1, 0.15) is 0 Å². The Balaban J connectivity index is 1.74. The summed E-state index contributed by atoms with van der Waals surface area (Å²) in [6, 6.07) is 0. The van der Waals surface area contributed by atoms with Crippen molar-refractivity contribution in [2.75, 3.05) is 13.2 Å². The highest BCUT2D eigenvalue weighted by Crippen LogP contribution is 2.35. The van der Waals surface area contributed by atoms with E-state index in [0.29, 0.717) is 11.8 Å². The number of halogens is 3. The predicted molar refractivity (Wildman–Crippen MR) is 67.0 cm³/mol. The molecule has 2 aliphatic rings. The average Bonchev–Trinajstić information content (AvgIpc) is 2.47. The average molecular weight is 308 g/mol. The lowest BCUT2D eigenvalue weighted by Gasteiger charge is -2.36. The van der Waals surface area contributed by atoms with Crippen LogP contribution in [0.3, 0.4) is 0 Å². The molecule has 0 aromatic carbocycles. The molecule has 0 unspecified atom stereocenters. The molecule has 1 aliphatic carbocycles. The van der Waals surface area contributed by atoms with Crippen molar-refractivity contribution in [3.8, 4) is 0 Å². The smallest absolute Gasteiger partial charge is 0.404 e. The Morgan fingerprint density at radius 1 is 1.10 bits per heavy atom. The van der Waals surface area contributed by atoms with Crippen LogP contribution in [0.2, 0.25) is 0 Å². The lowest BCUT2D eigenvalue weighted by Crippen LogP contribution is -2.41. The SMILES string of the molecule is C=CC1CCC(C2COC(OC(=O)C(F)(F)F)OC2)CC1. The van der Waals surface area contributed by atoms with Crippen LogP contribution in [0.15, 0.2) is 12.7 Å². The van der Waals surface area contributed by atoms with Crippen LogP contribution in [-0.2, 0) is 19.0 Å². The number of carbonyl (C=O) groups excluding carboxylic acids is 1. The fourth-order valence-electron chi connectivity index (χ4n) is 2.85. The summed E-state index contributed by atoms with van der Waals surface area (Å²) in [6.07, 6.45) is 1.12. The second kappa shape index (κ2) is 6.79. The normalized spacial score (nSPS) is 34.2. The Labute approximate surface area is 121 Å². The minimum atomic E-state index is -5.04. The zero-order valence-corrected chi connectivity index (χ0v) is 11.6. The molecule has 0 spiro atoms. The number of alkyl halides is 3. The van der Waals surface area contributed by atoms with Crippen molar-refractivity contribution in [2.45, 2.75) is 38.3 Å². The fraction of sp³-hybridized carbons (Fsp3) is 0.786. The molecule has 0 bridgehead atoms. The summed E-state index contributed by atoms with van der Waals surface area (Å²) in [5, 5.41) is 0. The van der Waals surface area contributed by atoms with Crippen LogP contribution in [0, 0.1) is 17.8 Å². The number of rotatable bonds is 3. The first-order valence-corrected chi connectivity index (χ1v) is 7.03. The number of esters is 1. The standard InChI is InChI=1S/C14H19F3O4/c1-2-9-3-5-10(6-4-9)11-7-19-13(20-8-11)21-12(18)14(15,16)17/h2,9-11,13H,1,3-8H2. The van der Waals surface area contributed by atoms with Crippen LogP contribution in [0.1, 0.15) is 25.7 Å². The maximum absolute atomic E-state index is 12.0. The van der Waals surface area contributed by atoms with E-state index >= 15 is 0 Å². The Hall–Kier alpha value is -1.08. The van der Waals surface area contributed by atoms with Gasteiger partial charge in [-0.2, -0.15) is 13.2 Å². The number of hydrogen-bond acceptors (Lipinski definition) is 4. The lowest BCUT2D eigenvalue weighted by atomic mass is 9.76. The van der Waals surface area contributed by atoms with Crippen molar-refractivity contribution in [2.24, 2.45) is 17.8 Å². The highest BCUT2D eigenvalue weighted by Gasteiger charge is 2.43. The van der Waals surface area contributed by atoms with Crippen LogP contribution >= 0.6 is 0 Å². The van der Waals surface area contributed by atoms with Gasteiger partial charge in [-0.05, 0) is 37.5 Å². The number of hydrogen-bond donors (Lipinski definition) is 0. The van der Waals surface area contributed by atoms with Gasteiger partial charge in [-0.25, -0.2) is 4.79 Å². The third kappa shape index (κ3) is 4.44. The summed E-state index contributed by atoms with van der Waals surface area (Å²) in [4.78, 5) is 10.7. The molecule has 4 nitrogen and oxygen atoms in total. The van der Waals surface area contributed by atoms with Gasteiger partial charge in [0.2, 0.25) is 0 Å². The number of ether oxygens (including phenoxy) is 3. The topological polar surface area (TPSA) is 44.8 Å². The van der Waals surface area contributed by atoms with Gasteiger partial charge in [0, 0.05) is 5.92 Å². The number of allylic oxidation sites excluding steroid dienone is 1. The van der Waals surface area contributed by atoms with Gasteiger partial charge in [-0.15, -0.1) is 6.58 Å². The predicted octanol–water partition coefficient (Wildman–Crippen LogP) is 3.03. The molecule has 1 saturated heterocycles. The van der Waals surface area contributed by atoms with Gasteiger partial charge >= 0.3 is 18.6 Å². The van der Waals surface area contributed by atoms with E-state index in [-0.39, 0.29) is 19.1 Å². The Morgan fingerprint density at radius 2 is 1.67 bits per heavy atom. The molecule has 1 heterocycles. The Bertz CT molecular complexity index is 367. The van der Waals surface area contributed by atoms with Crippen LogP contribution in [0.4, 0.5) is 13.2 Å². The first kappa shape index (κ1) is 16.3. The molecule has 0 aromatic heterocycles. The Morgan fingerprint density at radius 3 is 2.14 bits per heavy atom. The number of carbonyl (C=O) groups is 1. The molecule has 2 fully saturated rings. The van der Waals surface area contributed by atoms with Crippen LogP contribution < -0.4 is 0 Å². The zero-order valence-electron chi connectivity index (χ0n) is 11.6. The van der Waals surface area contributed by atoms with Gasteiger partial charge in [-0.3, -0.25) is 0 Å². The first-order valence-electron chi connectivity index (χ1n) is 7.03. The van der Waals surface area contributed by atoms with Crippen LogP contribution in [0.25, 0.3) is 0 Å². The van der Waals surface area contributed by atoms with E-state index in [4.69, 9.17) is 9.47 Å². The molecule has 1 aliphatic heterocycles. The molecule has 0 amide bonds. The van der Waals surface area contributed by atoms with E-state index in [2.05, 4.69) is 11.3 Å². The third-order valence-electron chi connectivity index (χ3n) is 4.14. The molecule has 0 radical (unpaired) electrons. The molecule has 0 atom stereocenters. The summed E-state index contributed by atoms with van der Waals surface area (Å²) >= 11 is 0. The summed E-state index contributed by atoms with van der Waals surface area (Å²) in [5.41, 5.74) is 0. The van der Waals surface area contributed by atoms with Crippen molar-refractivity contribution >= 4 is 5.97 Å². The summed E-state index contributed by atoms with van der Waals surface area (Å²) < 4.78 is 50.4. The van der Waals surface area contributed by atoms with Crippen LogP contribution in [-0.4, -0.2) is 31.8 Å². The molecule has 0 aromatic rings. The lowest BCUT2D eigenvalue weighted by molar-refractivity contribution is -0.324. The van der Waals surface area contributed by atoms with Gasteiger partial charge in [0.15, 0.2) is 0 Å². The van der Waals surface area contributed by atoms with E-state index in [1.165, 1.54) is 0 Å². The molecule has 1 saturated carbocycles. The van der Waals surface area contributed by atoms with Crippen molar-refractivity contribution in [1.29, 1.82) is 0 Å². The molecule has 120 valence electrons. The highest BCUT2D eigenvalue weighted by molar-refractivity contribution is 5.75. The molecule has 21 heavy (non-hydrogen) atoms. The van der Waals surface area contributed by atoms with Gasteiger partial charge < -0.3 is 14.2 Å². The molecule has 0 N–H and O–H groups in total. The minimum absolute atomic E-state index is 0.136. The van der Waals surface area contributed by atoms with E-state index in [0.717, 1.165) is 25.7 Å². The van der Waals surface area contributed by atoms with Crippen LogP contribution in [0.5, 0.6) is 0 Å². The monoisotopic (exact) mass is 308 g/mol. The van der Waals surface area contributed by atoms with E-state index in [9.17, 15) is 18.0 Å². The van der Waals surface area contributed by atoms with Crippen molar-refractivity contribution < 1.29 is 32.2 Å². The summed E-state index contributed by atoms with van der Waals surface area (Å²) in [5.74, 6) is -1.18. The van der Waals surface area contributed by atoms with Crippen molar-refractivity contribution in [1.82, 2.24) is 0 Å². The van der Waals surface area contributed by atoms with Crippen molar-refractivity contribution in [3.05, 3.63) is 12.7 Å². The van der Waals surface area contributed by atoms with E-state index in [1.54, 1.807) is 0 Å². The van der Waals surface area contributed by atoms with E-state index < -0.39 is 18.6 Å². The van der Waals surface area contributed by atoms with Gasteiger partial charge in [0.05, 0.1) is 13.2 Å². The maximum atomic E-state index is 12.0. The zero-order chi connectivity index (χ0) is 15.5. The summed E-state index contributed by atoms with van der Waals surface area (Å²) in [6.45, 7) is 2.73. The first-order chi connectivity index (χ1) is 9.90. The minimum Gasteiger partial charge on any atom is -0.404 e. The molecular formula is C14H19F3O4. The van der Waals surface area contributed by atoms with E-state index in [1.807, 2.05) is 6.08 Å². The largest absolute Gasteiger partial charge is 0.491 e. The quantitative estimate of drug-likeness (QED) is 0.594. The molecular weight excluding hydrogens is 289 g/mol. The second-order valence-electron chi connectivity index (χ2n) is 5.53. The highest BCUT2D eigenvalue weighted by atomic mass is 19.4. The second-order valence-corrected chi connectivity index (χ2v) is 5.53. The Kier molecular flexibility index (Phi) is 5.27. The van der Waals surface area contributed by atoms with Crippen molar-refractivity contribution in [3.63, 3.8) is 0 Å². The molecule has 2 rings (SSSR count). The third-order valence-corrected chi connectivity index (χ3v) is 4.14. The fourth-order valence-corrected chi connectivity index (χ4v) is 2.85. The van der Waals surface area contributed by atoms with Gasteiger partial charge in [-0.1, -0.05) is 6.08 Å². The summed E-state index contributed by atoms with van der Waals surface area (Å²) in [7, 11) is 0. The molecule has 7 heteroatoms. The van der Waals surface area contributed by atoms with Gasteiger partial charge in [0.25, 0.3) is 0 Å².